The van der Waals surface area contributed by atoms with Crippen LogP contribution in [0, 0.1) is 5.92 Å². The number of nitrogens with zero attached hydrogens (tertiary/aromatic N) is 6. The van der Waals surface area contributed by atoms with Gasteiger partial charge in [-0.05, 0) is 64.0 Å². The van der Waals surface area contributed by atoms with E-state index in [0.29, 0.717) is 6.04 Å². The third kappa shape index (κ3) is 9.77. The lowest BCUT2D eigenvalue weighted by molar-refractivity contribution is -0.193. The average Bonchev–Trinajstić information content (AvgIpc) is 3.67. The largest absolute Gasteiger partial charge is 0.490 e. The van der Waals surface area contributed by atoms with Gasteiger partial charge in [-0.15, -0.1) is 10.2 Å². The molecule has 2 N–H and O–H groups in total. The number of piperidine rings is 1. The Bertz CT molecular complexity index is 1270. The Morgan fingerprint density at radius 3 is 1.95 bits per heavy atom. The Kier molecular flexibility index (Phi) is 11.6. The molecule has 1 amide bonds. The molecule has 2 aromatic heterocycles. The summed E-state index contributed by atoms with van der Waals surface area (Å²) in [5.74, 6) is -3.52. The number of carbonyl (C=O) groups excluding carboxylic acids is 1. The first-order chi connectivity index (χ1) is 20.5. The van der Waals surface area contributed by atoms with Gasteiger partial charge in [0, 0.05) is 51.5 Å². The molecule has 1 unspecified atom stereocenters. The zero-order chi connectivity index (χ0) is 32.8. The minimum Gasteiger partial charge on any atom is -0.475 e. The van der Waals surface area contributed by atoms with E-state index < -0.39 is 24.3 Å². The molecule has 1 saturated carbocycles. The summed E-state index contributed by atoms with van der Waals surface area (Å²) in [6.45, 7) is 10.6. The molecule has 0 radical (unpaired) electrons. The fourth-order valence-corrected chi connectivity index (χ4v) is 5.07. The van der Waals surface area contributed by atoms with E-state index in [1.165, 1.54) is 25.8 Å². The van der Waals surface area contributed by atoms with Crippen LogP contribution in [0.2, 0.25) is 0 Å². The van der Waals surface area contributed by atoms with Crippen LogP contribution in [0.1, 0.15) is 68.2 Å². The van der Waals surface area contributed by atoms with Crippen molar-refractivity contribution in [1.82, 2.24) is 29.3 Å². The van der Waals surface area contributed by atoms with Gasteiger partial charge >= 0.3 is 24.3 Å². The van der Waals surface area contributed by atoms with Gasteiger partial charge in [-0.1, -0.05) is 0 Å². The molecule has 1 aliphatic carbocycles. The molecule has 3 aliphatic rings. The van der Waals surface area contributed by atoms with Crippen molar-refractivity contribution in [3.8, 4) is 0 Å². The van der Waals surface area contributed by atoms with E-state index in [-0.39, 0.29) is 11.9 Å². The summed E-state index contributed by atoms with van der Waals surface area (Å²) in [5, 5.41) is 23.3. The topological polar surface area (TPSA) is 132 Å². The second-order valence-electron chi connectivity index (χ2n) is 11.2. The lowest BCUT2D eigenvalue weighted by Gasteiger charge is -2.42. The Labute approximate surface area is 249 Å². The lowest BCUT2D eigenvalue weighted by Crippen LogP contribution is -2.51. The Morgan fingerprint density at radius 2 is 1.45 bits per heavy atom. The van der Waals surface area contributed by atoms with Gasteiger partial charge in [-0.3, -0.25) is 19.0 Å². The van der Waals surface area contributed by atoms with Crippen LogP contribution in [0.3, 0.4) is 0 Å². The maximum atomic E-state index is 13.1. The summed E-state index contributed by atoms with van der Waals surface area (Å²) >= 11 is 0. The van der Waals surface area contributed by atoms with Crippen LogP contribution in [-0.4, -0.2) is 115 Å². The number of carboxylic acids is 2. The first kappa shape index (κ1) is 35.0. The molecule has 2 aromatic rings. The first-order valence-electron chi connectivity index (χ1n) is 14.2. The molecule has 2 aliphatic heterocycles. The van der Waals surface area contributed by atoms with Gasteiger partial charge in [0.05, 0.1) is 11.6 Å². The average molecular weight is 639 g/mol. The summed E-state index contributed by atoms with van der Waals surface area (Å²) in [5.41, 5.74) is 1.57. The molecule has 0 bridgehead atoms. The highest BCUT2D eigenvalue weighted by molar-refractivity contribution is 5.94. The maximum Gasteiger partial charge on any atom is 0.490 e. The van der Waals surface area contributed by atoms with Crippen LogP contribution < -0.4 is 0 Å². The molecule has 11 nitrogen and oxygen atoms in total. The third-order valence-corrected chi connectivity index (χ3v) is 7.48. The molecule has 44 heavy (non-hydrogen) atoms. The number of halogens is 6. The van der Waals surface area contributed by atoms with E-state index in [4.69, 9.17) is 19.8 Å². The van der Waals surface area contributed by atoms with E-state index in [2.05, 4.69) is 38.2 Å². The second kappa shape index (κ2) is 14.5. The quantitative estimate of drug-likeness (QED) is 0.465. The molecule has 2 saturated heterocycles. The number of likely N-dealkylation sites (tertiary alicyclic amines) is 1. The third-order valence-electron chi connectivity index (χ3n) is 7.48. The number of piperazine rings is 1. The zero-order valence-electron chi connectivity index (χ0n) is 24.3. The van der Waals surface area contributed by atoms with Crippen LogP contribution in [0.25, 0.3) is 5.65 Å². The van der Waals surface area contributed by atoms with Crippen molar-refractivity contribution in [2.45, 2.75) is 70.4 Å². The standard InChI is InChI=1S/C23H34N6O.2C2HF3O2/c1-17(2)28-13-12-26(14-18-6-7-18)16-20(28)22-25-24-21-9-8-19(15-29(21)22)23(30)27-10-4-3-5-11-27;2*3-2(4,5)1(6)7/h8-9,15,17-18,20H,3-7,10-14,16H2,1-2H3;2*(H,6,7). The number of amides is 1. The van der Waals surface area contributed by atoms with Crippen molar-refractivity contribution in [2.75, 3.05) is 39.3 Å². The van der Waals surface area contributed by atoms with Gasteiger partial charge in [0.15, 0.2) is 11.5 Å². The van der Waals surface area contributed by atoms with E-state index in [0.717, 1.165) is 68.5 Å². The molecular weight excluding hydrogens is 602 g/mol. The van der Waals surface area contributed by atoms with E-state index in [9.17, 15) is 31.1 Å². The molecule has 246 valence electrons. The van der Waals surface area contributed by atoms with Gasteiger partial charge in [-0.25, -0.2) is 9.59 Å². The summed E-state index contributed by atoms with van der Waals surface area (Å²) in [6.07, 6.45) is -2.00. The van der Waals surface area contributed by atoms with Crippen molar-refractivity contribution in [3.63, 3.8) is 0 Å². The van der Waals surface area contributed by atoms with Crippen molar-refractivity contribution >= 4 is 23.5 Å². The molecule has 5 rings (SSSR count). The number of hydrogen-bond donors (Lipinski definition) is 2. The van der Waals surface area contributed by atoms with Crippen molar-refractivity contribution in [3.05, 3.63) is 29.7 Å². The summed E-state index contributed by atoms with van der Waals surface area (Å²) in [4.78, 5) is 38.0. The molecule has 17 heteroatoms. The molecule has 0 spiro atoms. The Hall–Kier alpha value is -3.47. The summed E-state index contributed by atoms with van der Waals surface area (Å²) < 4.78 is 65.5. The number of fused-ring (bicyclic) bond motifs is 1. The fraction of sp³-hybridized carbons (Fsp3) is 0.667. The Balaban J connectivity index is 0.000000317. The van der Waals surface area contributed by atoms with E-state index in [1.54, 1.807) is 0 Å². The van der Waals surface area contributed by atoms with Crippen LogP contribution in [0.5, 0.6) is 0 Å². The minimum absolute atomic E-state index is 0.135. The zero-order valence-corrected chi connectivity index (χ0v) is 24.3. The fourth-order valence-electron chi connectivity index (χ4n) is 5.07. The van der Waals surface area contributed by atoms with Crippen LogP contribution >= 0.6 is 0 Å². The number of aromatic nitrogens is 3. The number of alkyl halides is 6. The van der Waals surface area contributed by atoms with E-state index in [1.807, 2.05) is 23.2 Å². The van der Waals surface area contributed by atoms with Gasteiger partial charge in [0.1, 0.15) is 0 Å². The second-order valence-corrected chi connectivity index (χ2v) is 11.2. The molecule has 3 fully saturated rings. The normalized spacial score (nSPS) is 20.0. The number of carbonyl (C=O) groups is 3. The predicted octanol–water partition coefficient (Wildman–Crippen LogP) is 4.10. The number of rotatable bonds is 5. The predicted molar refractivity (Wildman–Crippen MR) is 144 cm³/mol. The van der Waals surface area contributed by atoms with Gasteiger partial charge < -0.3 is 15.1 Å². The highest BCUT2D eigenvalue weighted by atomic mass is 19.4. The minimum atomic E-state index is -5.08. The number of aliphatic carboxylic acids is 2. The van der Waals surface area contributed by atoms with Crippen molar-refractivity contribution in [1.29, 1.82) is 0 Å². The SMILES string of the molecule is CC(C)N1CCN(CC2CC2)CC1c1nnc2ccc(C(=O)N3CCCCC3)cn12.O=C(O)C(F)(F)F.O=C(O)C(F)(F)F. The number of carboxylic acid groups (broad SMARTS) is 2. The highest BCUT2D eigenvalue weighted by Crippen LogP contribution is 2.33. The van der Waals surface area contributed by atoms with Crippen molar-refractivity contribution < 1.29 is 50.9 Å². The van der Waals surface area contributed by atoms with Crippen LogP contribution in [0.4, 0.5) is 26.3 Å². The van der Waals surface area contributed by atoms with Gasteiger partial charge in [-0.2, -0.15) is 26.3 Å². The molecular formula is C27H36F6N6O5. The highest BCUT2D eigenvalue weighted by Gasteiger charge is 2.39. The maximum absolute atomic E-state index is 13.1. The number of pyridine rings is 1. The van der Waals surface area contributed by atoms with E-state index >= 15 is 0 Å². The van der Waals surface area contributed by atoms with Gasteiger partial charge in [0.25, 0.3) is 5.91 Å². The van der Waals surface area contributed by atoms with Crippen molar-refractivity contribution in [2.24, 2.45) is 5.92 Å². The molecule has 0 aromatic carbocycles. The van der Waals surface area contributed by atoms with Gasteiger partial charge in [0.2, 0.25) is 0 Å². The summed E-state index contributed by atoms with van der Waals surface area (Å²) in [7, 11) is 0. The summed E-state index contributed by atoms with van der Waals surface area (Å²) in [6, 6.07) is 4.50. The molecule has 4 heterocycles. The monoisotopic (exact) mass is 638 g/mol. The molecule has 1 atom stereocenters. The lowest BCUT2D eigenvalue weighted by atomic mass is 10.1. The number of hydrogen-bond acceptors (Lipinski definition) is 7. The first-order valence-corrected chi connectivity index (χ1v) is 14.2. The van der Waals surface area contributed by atoms with Crippen LogP contribution in [-0.2, 0) is 9.59 Å². The van der Waals surface area contributed by atoms with Crippen LogP contribution in [0.15, 0.2) is 18.3 Å². The smallest absolute Gasteiger partial charge is 0.475 e. The Morgan fingerprint density at radius 1 is 0.886 bits per heavy atom.